The minimum atomic E-state index is -2.84. The Labute approximate surface area is 473 Å². The van der Waals surface area contributed by atoms with E-state index in [4.69, 9.17) is 9.73 Å². The lowest BCUT2D eigenvalue weighted by atomic mass is 9.65. The number of pyridine rings is 1. The van der Waals surface area contributed by atoms with Gasteiger partial charge in [0.25, 0.3) is 0 Å². The quantitative estimate of drug-likeness (QED) is 0.110. The van der Waals surface area contributed by atoms with E-state index >= 15 is 4.32 Å². The number of benzene rings is 9. The molecule has 9 aromatic carbocycles. The maximum atomic E-state index is 18.9. The molecule has 16 rings (SSSR count). The molecular weight excluding hydrogens is 1000 g/mol. The molecule has 0 N–H and O–H groups in total. The molecule has 0 radical (unpaired) electrons. The Morgan fingerprint density at radius 3 is 1.83 bits per heavy atom. The number of ether oxygens (including phenoxy) is 1. The van der Waals surface area contributed by atoms with Crippen LogP contribution >= 0.6 is 0 Å². The molecule has 0 amide bonds. The van der Waals surface area contributed by atoms with E-state index in [1.54, 1.807) is 7.11 Å². The van der Waals surface area contributed by atoms with Gasteiger partial charge in [0.15, 0.2) is 8.07 Å². The van der Waals surface area contributed by atoms with Crippen molar-refractivity contribution in [3.63, 3.8) is 0 Å². The fourth-order valence-corrected chi connectivity index (χ4v) is 20.0. The van der Waals surface area contributed by atoms with Gasteiger partial charge in [-0.25, -0.2) is 4.48 Å². The van der Waals surface area contributed by atoms with E-state index < -0.39 is 20.7 Å². The van der Waals surface area contributed by atoms with Crippen molar-refractivity contribution in [3.8, 4) is 39.1 Å². The van der Waals surface area contributed by atoms with Gasteiger partial charge in [-0.05, 0) is 153 Å². The summed E-state index contributed by atoms with van der Waals surface area (Å²) in [7, 11) is -2.76. The zero-order chi connectivity index (χ0) is 54.1. The number of fused-ring (bicyclic) bond motifs is 13. The highest BCUT2D eigenvalue weighted by Crippen LogP contribution is 2.66. The molecule has 4 nitrogen and oxygen atoms in total. The Bertz CT molecular complexity index is 4530. The number of hydrogen-bond donors (Lipinski definition) is 0. The minimum absolute atomic E-state index is 0.233. The molecule has 1 aliphatic heterocycles. The summed E-state index contributed by atoms with van der Waals surface area (Å²) < 4.78 is 28.1. The van der Waals surface area contributed by atoms with Crippen molar-refractivity contribution in [2.75, 3.05) is 7.11 Å². The van der Waals surface area contributed by atoms with E-state index in [1.165, 1.54) is 65.3 Å². The van der Waals surface area contributed by atoms with Crippen molar-refractivity contribution in [3.05, 3.63) is 293 Å². The van der Waals surface area contributed by atoms with Crippen molar-refractivity contribution in [2.24, 2.45) is 16.8 Å². The number of rotatable bonds is 8. The van der Waals surface area contributed by atoms with Gasteiger partial charge in [0.05, 0.1) is 29.7 Å². The predicted octanol–water partition coefficient (Wildman–Crippen LogP) is 14.5. The van der Waals surface area contributed by atoms with Gasteiger partial charge in [0, 0.05) is 16.5 Å². The second-order valence-electron chi connectivity index (χ2n) is 22.8. The fourth-order valence-electron chi connectivity index (χ4n) is 15.1. The van der Waals surface area contributed by atoms with Gasteiger partial charge < -0.3 is 4.74 Å². The summed E-state index contributed by atoms with van der Waals surface area (Å²) in [4.78, 5) is 5.66. The normalized spacial score (nSPS) is 17.3. The Morgan fingerprint density at radius 2 is 1.17 bits per heavy atom. The monoisotopic (exact) mass is 1060 g/mol. The molecule has 81 heavy (non-hydrogen) atoms. The third kappa shape index (κ3) is 6.70. The SMILES string of the molecule is COc1ccc(-c2ccc3c4c2cccc4c2n3B(F)[n+]3cc(C4=CCC(C)C5=C4c4ccccc4C54c5ccccc5-c5ccccc54)cc(-c4ccc([Si](C5=CCC(C)C=C5)(c5ccccc5)c5ccccc5)cc4)c3N=2)cc1. The summed E-state index contributed by atoms with van der Waals surface area (Å²) in [5.41, 5.74) is 17.5. The summed E-state index contributed by atoms with van der Waals surface area (Å²) in [6.07, 6.45) is 13.6. The first-order valence-corrected chi connectivity index (χ1v) is 30.5. The summed E-state index contributed by atoms with van der Waals surface area (Å²) in [5.74, 6) is 2.10. The van der Waals surface area contributed by atoms with Crippen LogP contribution in [-0.2, 0) is 5.41 Å². The maximum absolute atomic E-state index is 18.9. The minimum Gasteiger partial charge on any atom is -0.497 e. The van der Waals surface area contributed by atoms with Crippen LogP contribution in [0.5, 0.6) is 5.75 Å². The molecule has 386 valence electrons. The number of nitrogens with zero attached hydrogens (tertiary/aromatic N) is 3. The van der Waals surface area contributed by atoms with E-state index in [9.17, 15) is 0 Å². The largest absolute Gasteiger partial charge is 0.727 e. The van der Waals surface area contributed by atoms with Gasteiger partial charge in [-0.2, -0.15) is 0 Å². The molecule has 2 unspecified atom stereocenters. The Kier molecular flexibility index (Phi) is 10.7. The lowest BCUT2D eigenvalue weighted by molar-refractivity contribution is -0.535. The molecule has 0 saturated carbocycles. The molecule has 7 heteroatoms. The van der Waals surface area contributed by atoms with Crippen molar-refractivity contribution < 1.29 is 13.5 Å². The van der Waals surface area contributed by atoms with Gasteiger partial charge in [-0.3, -0.25) is 8.79 Å². The first-order chi connectivity index (χ1) is 39.9. The van der Waals surface area contributed by atoms with Crippen LogP contribution in [0.2, 0.25) is 0 Å². The highest BCUT2D eigenvalue weighted by Gasteiger charge is 2.55. The second kappa shape index (κ2) is 18.2. The number of allylic oxidation sites excluding steroid dienone is 8. The van der Waals surface area contributed by atoms with Crippen LogP contribution in [-0.4, -0.2) is 26.9 Å². The molecule has 4 aliphatic carbocycles. The molecule has 0 bridgehead atoms. The third-order valence-electron chi connectivity index (χ3n) is 18.6. The average molecular weight is 1060 g/mol. The third-order valence-corrected chi connectivity index (χ3v) is 23.5. The molecule has 2 aromatic heterocycles. The van der Waals surface area contributed by atoms with Crippen LogP contribution in [0.1, 0.15) is 54.5 Å². The molecule has 1 spiro atoms. The van der Waals surface area contributed by atoms with Gasteiger partial charge in [-0.1, -0.05) is 226 Å². The van der Waals surface area contributed by atoms with Crippen molar-refractivity contribution in [1.29, 1.82) is 0 Å². The molecule has 0 fully saturated rings. The standard InChI is InChI=1S/C74H56BFN3OSi/c1-47-29-38-55(39-30-47)81(53-17-6-4-7-18-53,54-19-8-5-9-20-54)56-40-34-50(35-41-56)64-45-51(46-78-72(64)77-73-63-25-16-24-61-57(49-32-36-52(80-3)37-33-49)43-44-68(69(61)63)79(73)75(78)76)58-42-31-48(2)71-70(58)62-23-12-15-28-67(62)74(71)65-26-13-10-21-59(65)60-22-11-14-27-66(60)74/h4-29,32-48H,30-31H2,1-3H3/q+1. The van der Waals surface area contributed by atoms with Gasteiger partial charge in [0.1, 0.15) is 5.75 Å². The molecular formula is C74H56BFN3OSi+. The molecule has 5 aliphatic rings. The first-order valence-electron chi connectivity index (χ1n) is 28.5. The summed E-state index contributed by atoms with van der Waals surface area (Å²) in [6.45, 7) is 4.70. The molecule has 11 aromatic rings. The molecule has 0 saturated heterocycles. The second-order valence-corrected chi connectivity index (χ2v) is 26.6. The topological polar surface area (TPSA) is 30.4 Å². The smallest absolute Gasteiger partial charge is 0.497 e. The summed E-state index contributed by atoms with van der Waals surface area (Å²) in [5, 5.41) is 8.34. The number of methoxy groups -OCH3 is 1. The summed E-state index contributed by atoms with van der Waals surface area (Å²) >= 11 is 0. The highest BCUT2D eigenvalue weighted by molar-refractivity contribution is 7.16. The maximum Gasteiger partial charge on any atom is 0.727 e. The van der Waals surface area contributed by atoms with Crippen LogP contribution < -0.4 is 30.3 Å². The lowest BCUT2D eigenvalue weighted by Gasteiger charge is -2.37. The highest BCUT2D eigenvalue weighted by atomic mass is 28.3. The van der Waals surface area contributed by atoms with Crippen molar-refractivity contribution >= 4 is 69.5 Å². The van der Waals surface area contributed by atoms with E-state index in [0.29, 0.717) is 17.2 Å². The Hall–Kier alpha value is -9.17. The van der Waals surface area contributed by atoms with Crippen molar-refractivity contribution in [2.45, 2.75) is 32.1 Å². The van der Waals surface area contributed by atoms with Gasteiger partial charge in [0.2, 0.25) is 5.49 Å². The van der Waals surface area contributed by atoms with E-state index in [2.05, 4.69) is 251 Å². The van der Waals surface area contributed by atoms with Crippen LogP contribution in [0.3, 0.4) is 0 Å². The first kappa shape index (κ1) is 47.8. The number of hydrogen-bond acceptors (Lipinski definition) is 2. The fraction of sp³-hybridized carbons (Fsp3) is 0.108. The number of aromatic nitrogens is 2. The van der Waals surface area contributed by atoms with Gasteiger partial charge >= 0.3 is 13.1 Å². The zero-order valence-electron chi connectivity index (χ0n) is 45.4. The van der Waals surface area contributed by atoms with E-state index in [-0.39, 0.29) is 5.92 Å². The van der Waals surface area contributed by atoms with Crippen molar-refractivity contribution in [1.82, 2.24) is 4.48 Å². The molecule has 3 heterocycles. The van der Waals surface area contributed by atoms with E-state index in [1.807, 2.05) is 21.1 Å². The van der Waals surface area contributed by atoms with E-state index in [0.717, 1.165) is 73.7 Å². The zero-order valence-corrected chi connectivity index (χ0v) is 46.4. The molecule has 2 atom stereocenters. The van der Waals surface area contributed by atoms with Crippen LogP contribution in [0, 0.1) is 11.8 Å². The average Bonchev–Trinajstić information content (AvgIpc) is 1.81. The Balaban J connectivity index is 0.941. The summed E-state index contributed by atoms with van der Waals surface area (Å²) in [6, 6.07) is 79.8. The van der Waals surface area contributed by atoms with Crippen LogP contribution in [0.15, 0.2) is 265 Å². The predicted molar refractivity (Wildman–Crippen MR) is 333 cm³/mol. The van der Waals surface area contributed by atoms with Crippen LogP contribution in [0.25, 0.3) is 66.2 Å². The van der Waals surface area contributed by atoms with Gasteiger partial charge in [-0.15, -0.1) is 0 Å². The Morgan fingerprint density at radius 1 is 0.580 bits per heavy atom. The lowest BCUT2D eigenvalue weighted by Crippen LogP contribution is -2.68. The van der Waals surface area contributed by atoms with Crippen LogP contribution in [0.4, 0.5) is 10.1 Å². The number of halogens is 1.